The molecule has 2 rings (SSSR count). The fourth-order valence-electron chi connectivity index (χ4n) is 2.40. The van der Waals surface area contributed by atoms with Crippen LogP contribution in [0.15, 0.2) is 35.2 Å². The van der Waals surface area contributed by atoms with Gasteiger partial charge in [-0.05, 0) is 31.4 Å². The quantitative estimate of drug-likeness (QED) is 0.848. The van der Waals surface area contributed by atoms with Crippen LogP contribution in [0.2, 0.25) is 0 Å². The van der Waals surface area contributed by atoms with Gasteiger partial charge in [0, 0.05) is 23.6 Å². The molecule has 0 aliphatic carbocycles. The number of nitrogens with zero attached hydrogens (tertiary/aromatic N) is 1. The zero-order valence-electron chi connectivity index (χ0n) is 11.3. The van der Waals surface area contributed by atoms with Gasteiger partial charge in [-0.15, -0.1) is 11.8 Å². The largest absolute Gasteiger partial charge is 0.480 e. The molecule has 0 radical (unpaired) electrons. The summed E-state index contributed by atoms with van der Waals surface area (Å²) < 4.78 is 0. The van der Waals surface area contributed by atoms with Crippen molar-refractivity contribution in [1.29, 1.82) is 0 Å². The molecular weight excluding hydrogens is 274 g/mol. The molecule has 1 aromatic rings. The van der Waals surface area contributed by atoms with Crippen molar-refractivity contribution in [3.05, 3.63) is 30.3 Å². The normalized spacial score (nSPS) is 18.8. The number of carboxylic acids is 1. The summed E-state index contributed by atoms with van der Waals surface area (Å²) in [5.41, 5.74) is 0. The smallest absolute Gasteiger partial charge is 0.326 e. The van der Waals surface area contributed by atoms with Crippen LogP contribution in [0.25, 0.3) is 0 Å². The van der Waals surface area contributed by atoms with Gasteiger partial charge in [0.25, 0.3) is 0 Å². The van der Waals surface area contributed by atoms with E-state index in [2.05, 4.69) is 0 Å². The second-order valence-corrected chi connectivity index (χ2v) is 6.02. The van der Waals surface area contributed by atoms with Crippen LogP contribution >= 0.6 is 11.8 Å². The van der Waals surface area contributed by atoms with Gasteiger partial charge in [-0.1, -0.05) is 18.2 Å². The van der Waals surface area contributed by atoms with Crippen molar-refractivity contribution in [1.82, 2.24) is 4.90 Å². The predicted molar refractivity (Wildman–Crippen MR) is 78.8 cm³/mol. The Morgan fingerprint density at radius 2 is 2.00 bits per heavy atom. The van der Waals surface area contributed by atoms with Gasteiger partial charge in [0.15, 0.2) is 0 Å². The number of amides is 1. The highest BCUT2D eigenvalue weighted by Gasteiger charge is 2.31. The molecule has 1 heterocycles. The van der Waals surface area contributed by atoms with Crippen molar-refractivity contribution in [3.63, 3.8) is 0 Å². The predicted octanol–water partition coefficient (Wildman–Crippen LogP) is 2.63. The number of carboxylic acid groups (broad SMARTS) is 1. The Bertz CT molecular complexity index is 463. The standard InChI is InChI=1S/C15H19NO3S/c17-14(9-11-20-12-6-2-1-3-7-12)16-10-5-4-8-13(16)15(18)19/h1-3,6-7,13H,4-5,8-11H2,(H,18,19)/t13-/m0/s1. The number of benzene rings is 1. The van der Waals surface area contributed by atoms with E-state index in [1.54, 1.807) is 11.8 Å². The number of rotatable bonds is 5. The maximum absolute atomic E-state index is 12.2. The van der Waals surface area contributed by atoms with Gasteiger partial charge >= 0.3 is 5.97 Å². The number of aliphatic carboxylic acids is 1. The number of hydrogen-bond acceptors (Lipinski definition) is 3. The van der Waals surface area contributed by atoms with Crippen LogP contribution in [0.1, 0.15) is 25.7 Å². The second kappa shape index (κ2) is 7.33. The molecule has 1 N–H and O–H groups in total. The number of hydrogen-bond donors (Lipinski definition) is 1. The fourth-order valence-corrected chi connectivity index (χ4v) is 3.27. The molecule has 0 bridgehead atoms. The van der Waals surface area contributed by atoms with Gasteiger partial charge in [-0.3, -0.25) is 4.79 Å². The minimum absolute atomic E-state index is 0.0412. The van der Waals surface area contributed by atoms with E-state index in [1.807, 2.05) is 30.3 Å². The molecule has 4 nitrogen and oxygen atoms in total. The van der Waals surface area contributed by atoms with E-state index in [1.165, 1.54) is 4.90 Å². The van der Waals surface area contributed by atoms with E-state index in [-0.39, 0.29) is 5.91 Å². The van der Waals surface area contributed by atoms with Crippen molar-refractivity contribution in [2.24, 2.45) is 0 Å². The SMILES string of the molecule is O=C(O)[C@@H]1CCCCN1C(=O)CCSc1ccccc1. The van der Waals surface area contributed by atoms with Gasteiger partial charge in [-0.25, -0.2) is 4.79 Å². The Morgan fingerprint density at radius 1 is 1.25 bits per heavy atom. The van der Waals surface area contributed by atoms with Crippen molar-refractivity contribution in [3.8, 4) is 0 Å². The lowest BCUT2D eigenvalue weighted by Gasteiger charge is -2.33. The van der Waals surface area contributed by atoms with Gasteiger partial charge in [-0.2, -0.15) is 0 Å². The van der Waals surface area contributed by atoms with E-state index in [0.29, 0.717) is 25.1 Å². The summed E-state index contributed by atoms with van der Waals surface area (Å²) in [5, 5.41) is 9.16. The monoisotopic (exact) mass is 293 g/mol. The minimum Gasteiger partial charge on any atom is -0.480 e. The van der Waals surface area contributed by atoms with Gasteiger partial charge in [0.05, 0.1) is 0 Å². The summed E-state index contributed by atoms with van der Waals surface area (Å²) >= 11 is 1.63. The maximum atomic E-state index is 12.2. The van der Waals surface area contributed by atoms with Crippen LogP contribution in [0, 0.1) is 0 Å². The third kappa shape index (κ3) is 4.00. The molecule has 20 heavy (non-hydrogen) atoms. The average Bonchev–Trinajstić information content (AvgIpc) is 2.48. The summed E-state index contributed by atoms with van der Waals surface area (Å²) in [5.74, 6) is -0.236. The topological polar surface area (TPSA) is 57.6 Å². The fraction of sp³-hybridized carbons (Fsp3) is 0.467. The highest BCUT2D eigenvalue weighted by Crippen LogP contribution is 2.21. The van der Waals surface area contributed by atoms with E-state index in [4.69, 9.17) is 5.11 Å². The van der Waals surface area contributed by atoms with E-state index < -0.39 is 12.0 Å². The summed E-state index contributed by atoms with van der Waals surface area (Å²) in [6.45, 7) is 0.575. The molecule has 0 aromatic heterocycles. The van der Waals surface area contributed by atoms with Crippen LogP contribution in [0.4, 0.5) is 0 Å². The molecule has 108 valence electrons. The lowest BCUT2D eigenvalue weighted by atomic mass is 10.0. The molecule has 0 saturated carbocycles. The molecule has 1 aliphatic rings. The van der Waals surface area contributed by atoms with Gasteiger partial charge in [0.2, 0.25) is 5.91 Å². The van der Waals surface area contributed by atoms with Crippen molar-refractivity contribution in [2.75, 3.05) is 12.3 Å². The van der Waals surface area contributed by atoms with E-state index in [0.717, 1.165) is 17.7 Å². The van der Waals surface area contributed by atoms with Gasteiger partial charge in [0.1, 0.15) is 6.04 Å². The molecular formula is C15H19NO3S. The Labute approximate surface area is 123 Å². The third-order valence-electron chi connectivity index (χ3n) is 3.44. The maximum Gasteiger partial charge on any atom is 0.326 e. The summed E-state index contributed by atoms with van der Waals surface area (Å²) in [4.78, 5) is 26.0. The molecule has 0 spiro atoms. The van der Waals surface area contributed by atoms with Crippen molar-refractivity contribution < 1.29 is 14.7 Å². The third-order valence-corrected chi connectivity index (χ3v) is 4.45. The summed E-state index contributed by atoms with van der Waals surface area (Å²) in [6, 6.07) is 9.29. The second-order valence-electron chi connectivity index (χ2n) is 4.85. The first kappa shape index (κ1) is 14.9. The van der Waals surface area contributed by atoms with Crippen LogP contribution in [0.3, 0.4) is 0 Å². The lowest BCUT2D eigenvalue weighted by molar-refractivity contribution is -0.151. The van der Waals surface area contributed by atoms with Crippen LogP contribution in [0.5, 0.6) is 0 Å². The average molecular weight is 293 g/mol. The van der Waals surface area contributed by atoms with Gasteiger partial charge < -0.3 is 10.0 Å². The molecule has 1 amide bonds. The number of likely N-dealkylation sites (tertiary alicyclic amines) is 1. The molecule has 1 aromatic carbocycles. The summed E-state index contributed by atoms with van der Waals surface area (Å²) in [6.07, 6.45) is 2.76. The first-order chi connectivity index (χ1) is 9.68. The van der Waals surface area contributed by atoms with E-state index in [9.17, 15) is 9.59 Å². The summed E-state index contributed by atoms with van der Waals surface area (Å²) in [7, 11) is 0. The molecule has 1 fully saturated rings. The molecule has 1 aliphatic heterocycles. The van der Waals surface area contributed by atoms with Crippen LogP contribution < -0.4 is 0 Å². The Balaban J connectivity index is 1.83. The molecule has 1 saturated heterocycles. The molecule has 0 unspecified atom stereocenters. The zero-order chi connectivity index (χ0) is 14.4. The first-order valence-electron chi connectivity index (χ1n) is 6.88. The highest BCUT2D eigenvalue weighted by molar-refractivity contribution is 7.99. The zero-order valence-corrected chi connectivity index (χ0v) is 12.1. The Hall–Kier alpha value is -1.49. The van der Waals surface area contributed by atoms with E-state index >= 15 is 0 Å². The minimum atomic E-state index is -0.881. The Morgan fingerprint density at radius 3 is 2.70 bits per heavy atom. The number of thioether (sulfide) groups is 1. The number of carbonyl (C=O) groups is 2. The van der Waals surface area contributed by atoms with Crippen molar-refractivity contribution >= 4 is 23.6 Å². The molecule has 1 atom stereocenters. The lowest BCUT2D eigenvalue weighted by Crippen LogP contribution is -2.48. The number of carbonyl (C=O) groups excluding carboxylic acids is 1. The Kier molecular flexibility index (Phi) is 5.47. The van der Waals surface area contributed by atoms with Crippen LogP contribution in [-0.4, -0.2) is 40.2 Å². The molecule has 5 heteroatoms. The first-order valence-corrected chi connectivity index (χ1v) is 7.87. The highest BCUT2D eigenvalue weighted by atomic mass is 32.2. The van der Waals surface area contributed by atoms with Crippen molar-refractivity contribution in [2.45, 2.75) is 36.6 Å². The van der Waals surface area contributed by atoms with Crippen LogP contribution in [-0.2, 0) is 9.59 Å². The number of piperidine rings is 1.